The molecule has 0 aliphatic rings. The first-order chi connectivity index (χ1) is 8.31. The summed E-state index contributed by atoms with van der Waals surface area (Å²) >= 11 is 12.3. The highest BCUT2D eigenvalue weighted by Crippen LogP contribution is 2.28. The van der Waals surface area contributed by atoms with E-state index in [4.69, 9.17) is 11.6 Å². The summed E-state index contributed by atoms with van der Waals surface area (Å²) in [5, 5.41) is 0. The Labute approximate surface area is 130 Å². The Morgan fingerprint density at radius 2 is 1.94 bits per heavy atom. The van der Waals surface area contributed by atoms with E-state index in [1.807, 2.05) is 13.8 Å². The highest BCUT2D eigenvalue weighted by Gasteiger charge is 2.22. The molecule has 0 saturated heterocycles. The molecule has 0 saturated carbocycles. The van der Waals surface area contributed by atoms with Crippen LogP contribution in [0, 0.1) is 6.92 Å². The van der Waals surface area contributed by atoms with Crippen molar-refractivity contribution in [3.05, 3.63) is 26.6 Å². The molecule has 0 aliphatic carbocycles. The van der Waals surface area contributed by atoms with Crippen molar-refractivity contribution in [2.24, 2.45) is 0 Å². The number of sulfonamides is 1. The fourth-order valence-electron chi connectivity index (χ4n) is 1.34. The number of hydrogen-bond donors (Lipinski definition) is 1. The number of alkyl halides is 1. The minimum atomic E-state index is -3.56. The average molecular weight is 420 g/mol. The van der Waals surface area contributed by atoms with E-state index in [0.29, 0.717) is 10.9 Å². The van der Waals surface area contributed by atoms with Crippen molar-refractivity contribution in [2.75, 3.05) is 5.88 Å². The van der Waals surface area contributed by atoms with Crippen LogP contribution in [0.25, 0.3) is 0 Å². The maximum atomic E-state index is 12.2. The Balaban J connectivity index is 3.16. The van der Waals surface area contributed by atoms with Crippen LogP contribution in [0.4, 0.5) is 0 Å². The van der Waals surface area contributed by atoms with Crippen LogP contribution in [0.3, 0.4) is 0 Å². The molecule has 0 bridgehead atoms. The van der Waals surface area contributed by atoms with Gasteiger partial charge in [0.2, 0.25) is 10.0 Å². The van der Waals surface area contributed by atoms with Crippen molar-refractivity contribution >= 4 is 53.5 Å². The number of benzene rings is 1. The molecule has 0 aliphatic heterocycles. The lowest BCUT2D eigenvalue weighted by molar-refractivity contribution is 0.557. The lowest BCUT2D eigenvalue weighted by Crippen LogP contribution is -2.35. The second kappa shape index (κ2) is 6.70. The Kier molecular flexibility index (Phi) is 6.12. The van der Waals surface area contributed by atoms with E-state index in [0.717, 1.165) is 10.0 Å². The van der Waals surface area contributed by atoms with Gasteiger partial charge in [0, 0.05) is 20.9 Å². The van der Waals surface area contributed by atoms with Gasteiger partial charge in [-0.1, -0.05) is 22.9 Å². The largest absolute Gasteiger partial charge is 0.242 e. The van der Waals surface area contributed by atoms with Crippen LogP contribution < -0.4 is 4.72 Å². The predicted octanol–water partition coefficient (Wildman–Crippen LogP) is 3.82. The van der Waals surface area contributed by atoms with Gasteiger partial charge in [0.05, 0.1) is 4.90 Å². The van der Waals surface area contributed by atoms with Gasteiger partial charge in [0.25, 0.3) is 0 Å². The van der Waals surface area contributed by atoms with Crippen molar-refractivity contribution in [1.82, 2.24) is 4.72 Å². The fourth-order valence-corrected chi connectivity index (χ4v) is 4.72. The van der Waals surface area contributed by atoms with Gasteiger partial charge >= 0.3 is 0 Å². The zero-order chi connectivity index (χ0) is 13.9. The van der Waals surface area contributed by atoms with Gasteiger partial charge in [-0.2, -0.15) is 0 Å². The van der Waals surface area contributed by atoms with Gasteiger partial charge in [-0.3, -0.25) is 0 Å². The van der Waals surface area contributed by atoms with Gasteiger partial charge in [0.15, 0.2) is 0 Å². The molecule has 0 amide bonds. The average Bonchev–Trinajstić information content (AvgIpc) is 2.30. The van der Waals surface area contributed by atoms with E-state index in [1.165, 1.54) is 0 Å². The van der Waals surface area contributed by atoms with E-state index in [1.54, 1.807) is 12.1 Å². The monoisotopic (exact) mass is 417 g/mol. The molecule has 18 heavy (non-hydrogen) atoms. The lowest BCUT2D eigenvalue weighted by Gasteiger charge is -2.15. The highest BCUT2D eigenvalue weighted by atomic mass is 79.9. The summed E-state index contributed by atoms with van der Waals surface area (Å²) in [6.45, 7) is 3.78. The molecular formula is C11H14Br2ClNO2S. The first kappa shape index (κ1) is 16.4. The molecule has 1 atom stereocenters. The summed E-state index contributed by atoms with van der Waals surface area (Å²) in [5.74, 6) is 0.250. The van der Waals surface area contributed by atoms with Crippen LogP contribution in [-0.2, 0) is 10.0 Å². The number of aryl methyl sites for hydroxylation is 1. The molecule has 0 fully saturated rings. The van der Waals surface area contributed by atoms with Gasteiger partial charge < -0.3 is 0 Å². The van der Waals surface area contributed by atoms with Crippen LogP contribution in [-0.4, -0.2) is 20.3 Å². The van der Waals surface area contributed by atoms with Crippen LogP contribution in [0.5, 0.6) is 0 Å². The third-order valence-corrected chi connectivity index (χ3v) is 6.21. The lowest BCUT2D eigenvalue weighted by atomic mass is 10.2. The standard InChI is InChI=1S/C11H14Br2ClNO2S/c1-3-8(6-14)15-18(16,17)11-5-9(12)7(2)4-10(11)13/h4-5,8,15H,3,6H2,1-2H3. The number of halogens is 3. The Morgan fingerprint density at radius 1 is 1.33 bits per heavy atom. The van der Waals surface area contributed by atoms with Crippen molar-refractivity contribution in [2.45, 2.75) is 31.2 Å². The SMILES string of the molecule is CCC(CCl)NS(=O)(=O)c1cc(Br)c(C)cc1Br. The van der Waals surface area contributed by atoms with Gasteiger partial charge in [-0.05, 0) is 47.0 Å². The molecule has 0 aromatic heterocycles. The molecule has 1 rings (SSSR count). The van der Waals surface area contributed by atoms with Crippen molar-refractivity contribution in [3.63, 3.8) is 0 Å². The zero-order valence-corrected chi connectivity index (χ0v) is 14.7. The van der Waals surface area contributed by atoms with Gasteiger partial charge in [0.1, 0.15) is 0 Å². The van der Waals surface area contributed by atoms with Gasteiger partial charge in [-0.15, -0.1) is 11.6 Å². The smallest absolute Gasteiger partial charge is 0.207 e. The Morgan fingerprint density at radius 3 is 2.44 bits per heavy atom. The minimum Gasteiger partial charge on any atom is -0.207 e. The normalized spacial score (nSPS) is 13.6. The number of rotatable bonds is 5. The molecule has 0 heterocycles. The summed E-state index contributed by atoms with van der Waals surface area (Å²) < 4.78 is 28.3. The quantitative estimate of drug-likeness (QED) is 0.738. The van der Waals surface area contributed by atoms with E-state index in [9.17, 15) is 8.42 Å². The van der Waals surface area contributed by atoms with Crippen LogP contribution in [0.1, 0.15) is 18.9 Å². The number of hydrogen-bond acceptors (Lipinski definition) is 2. The predicted molar refractivity (Wildman–Crippen MR) is 81.7 cm³/mol. The van der Waals surface area contributed by atoms with E-state index in [2.05, 4.69) is 36.6 Å². The van der Waals surface area contributed by atoms with Gasteiger partial charge in [-0.25, -0.2) is 13.1 Å². The van der Waals surface area contributed by atoms with Crippen molar-refractivity contribution in [1.29, 1.82) is 0 Å². The second-order valence-electron chi connectivity index (χ2n) is 3.91. The molecule has 0 radical (unpaired) electrons. The Bertz CT molecular complexity index is 530. The summed E-state index contributed by atoms with van der Waals surface area (Å²) in [5.41, 5.74) is 0.963. The van der Waals surface area contributed by atoms with E-state index in [-0.39, 0.29) is 16.8 Å². The molecule has 7 heteroatoms. The van der Waals surface area contributed by atoms with E-state index < -0.39 is 10.0 Å². The summed E-state index contributed by atoms with van der Waals surface area (Å²) in [6, 6.07) is 3.09. The summed E-state index contributed by atoms with van der Waals surface area (Å²) in [4.78, 5) is 0.212. The molecule has 0 spiro atoms. The number of nitrogens with one attached hydrogen (secondary N) is 1. The van der Waals surface area contributed by atoms with Crippen molar-refractivity contribution in [3.8, 4) is 0 Å². The first-order valence-corrected chi connectivity index (χ1v) is 8.96. The minimum absolute atomic E-state index is 0.212. The molecule has 3 nitrogen and oxygen atoms in total. The molecule has 102 valence electrons. The highest BCUT2D eigenvalue weighted by molar-refractivity contribution is 9.11. The zero-order valence-electron chi connectivity index (χ0n) is 10.0. The summed E-state index contributed by atoms with van der Waals surface area (Å²) in [7, 11) is -3.56. The van der Waals surface area contributed by atoms with E-state index >= 15 is 0 Å². The topological polar surface area (TPSA) is 46.2 Å². The molecular weight excluding hydrogens is 405 g/mol. The third kappa shape index (κ3) is 3.93. The maximum absolute atomic E-state index is 12.2. The van der Waals surface area contributed by atoms with Crippen molar-refractivity contribution < 1.29 is 8.42 Å². The molecule has 1 aromatic rings. The fraction of sp³-hybridized carbons (Fsp3) is 0.455. The molecule has 1 aromatic carbocycles. The molecule has 1 N–H and O–H groups in total. The van der Waals surface area contributed by atoms with Crippen LogP contribution in [0.15, 0.2) is 26.0 Å². The third-order valence-electron chi connectivity index (χ3n) is 2.50. The van der Waals surface area contributed by atoms with Crippen LogP contribution >= 0.6 is 43.5 Å². The second-order valence-corrected chi connectivity index (χ2v) is 7.61. The maximum Gasteiger partial charge on any atom is 0.242 e. The summed E-state index contributed by atoms with van der Waals surface area (Å²) in [6.07, 6.45) is 0.646. The Hall–Kier alpha value is 0.380. The first-order valence-electron chi connectivity index (χ1n) is 5.35. The molecule has 1 unspecified atom stereocenters. The van der Waals surface area contributed by atoms with Crippen LogP contribution in [0.2, 0.25) is 0 Å².